The van der Waals surface area contributed by atoms with Crippen LogP contribution in [0.25, 0.3) is 0 Å². The largest absolute Gasteiger partial charge is 0.364 e. The third-order valence-electron chi connectivity index (χ3n) is 4.38. The van der Waals surface area contributed by atoms with Crippen LogP contribution in [0.15, 0.2) is 0 Å². The van der Waals surface area contributed by atoms with Gasteiger partial charge >= 0.3 is 0 Å². The normalized spacial score (nSPS) is 14.1. The number of nitrogens with zero attached hydrogens (tertiary/aromatic N) is 5. The maximum Gasteiger partial charge on any atom is 0.269 e. The van der Waals surface area contributed by atoms with Crippen molar-refractivity contribution in [2.24, 2.45) is 12.8 Å². The molecule has 22 heavy (non-hydrogen) atoms. The van der Waals surface area contributed by atoms with Gasteiger partial charge in [0.1, 0.15) is 0 Å². The summed E-state index contributed by atoms with van der Waals surface area (Å²) in [6.45, 7) is 7.36. The summed E-state index contributed by atoms with van der Waals surface area (Å²) in [5, 5.41) is 4.24. The zero-order valence-corrected chi connectivity index (χ0v) is 13.3. The summed E-state index contributed by atoms with van der Waals surface area (Å²) in [7, 11) is 1.84. The highest BCUT2D eigenvalue weighted by molar-refractivity contribution is 5.92. The molecule has 2 aromatic heterocycles. The molecule has 3 heterocycles. The van der Waals surface area contributed by atoms with Crippen LogP contribution < -0.4 is 10.6 Å². The van der Waals surface area contributed by atoms with Gasteiger partial charge in [-0.3, -0.25) is 9.48 Å². The molecule has 7 heteroatoms. The number of aryl methyl sites for hydroxylation is 3. The topological polar surface area (TPSA) is 89.9 Å². The Hall–Kier alpha value is -2.44. The minimum atomic E-state index is -0.490. The molecule has 0 radical (unpaired) electrons. The Labute approximate surface area is 129 Å². The molecule has 0 aliphatic carbocycles. The Bertz CT molecular complexity index is 741. The number of primary amides is 1. The van der Waals surface area contributed by atoms with Crippen LogP contribution in [0.1, 0.15) is 38.7 Å². The maximum absolute atomic E-state index is 11.6. The van der Waals surface area contributed by atoms with E-state index in [-0.39, 0.29) is 0 Å². The van der Waals surface area contributed by atoms with Crippen molar-refractivity contribution >= 4 is 11.9 Å². The Kier molecular flexibility index (Phi) is 3.35. The predicted molar refractivity (Wildman–Crippen MR) is 82.7 cm³/mol. The Morgan fingerprint density at radius 3 is 2.41 bits per heavy atom. The van der Waals surface area contributed by atoms with E-state index in [0.717, 1.165) is 41.2 Å². The number of carbonyl (C=O) groups is 1. The van der Waals surface area contributed by atoms with Crippen molar-refractivity contribution < 1.29 is 4.79 Å². The number of carbonyl (C=O) groups excluding carboxylic acids is 1. The Morgan fingerprint density at radius 2 is 1.82 bits per heavy atom. The van der Waals surface area contributed by atoms with E-state index in [2.05, 4.69) is 20.0 Å². The van der Waals surface area contributed by atoms with Gasteiger partial charge in [-0.2, -0.15) is 5.10 Å². The summed E-state index contributed by atoms with van der Waals surface area (Å²) in [5.74, 6) is 0.210. The van der Waals surface area contributed by atoms with Crippen molar-refractivity contribution in [3.05, 3.63) is 33.9 Å². The first-order valence-corrected chi connectivity index (χ1v) is 7.29. The van der Waals surface area contributed by atoms with E-state index in [1.807, 2.05) is 27.8 Å². The SMILES string of the molecule is Cc1nc(N2CCc3c(c(C(N)=O)nn3C)C2)nc(C)c1C. The first kappa shape index (κ1) is 14.5. The van der Waals surface area contributed by atoms with Gasteiger partial charge in [-0.25, -0.2) is 9.97 Å². The molecule has 0 fully saturated rings. The fourth-order valence-electron chi connectivity index (χ4n) is 2.86. The molecule has 2 aromatic rings. The highest BCUT2D eigenvalue weighted by atomic mass is 16.1. The number of nitrogens with two attached hydrogens (primary N) is 1. The second kappa shape index (κ2) is 5.08. The van der Waals surface area contributed by atoms with Crippen molar-refractivity contribution in [2.45, 2.75) is 33.7 Å². The molecular formula is C15H20N6O. The highest BCUT2D eigenvalue weighted by Gasteiger charge is 2.27. The molecule has 0 atom stereocenters. The molecule has 0 spiro atoms. The smallest absolute Gasteiger partial charge is 0.269 e. The lowest BCUT2D eigenvalue weighted by molar-refractivity contribution is 0.0994. The molecule has 3 rings (SSSR count). The molecule has 2 N–H and O–H groups in total. The monoisotopic (exact) mass is 300 g/mol. The van der Waals surface area contributed by atoms with Crippen LogP contribution in [0.4, 0.5) is 5.95 Å². The van der Waals surface area contributed by atoms with Gasteiger partial charge in [0, 0.05) is 42.7 Å². The van der Waals surface area contributed by atoms with Crippen LogP contribution in [0.5, 0.6) is 0 Å². The molecule has 0 unspecified atom stereocenters. The van der Waals surface area contributed by atoms with Crippen LogP contribution in [0.3, 0.4) is 0 Å². The van der Waals surface area contributed by atoms with Crippen LogP contribution in [-0.4, -0.2) is 32.2 Å². The summed E-state index contributed by atoms with van der Waals surface area (Å²) in [4.78, 5) is 22.8. The van der Waals surface area contributed by atoms with Crippen molar-refractivity contribution in [1.82, 2.24) is 19.7 Å². The van der Waals surface area contributed by atoms with Crippen molar-refractivity contribution in [3.63, 3.8) is 0 Å². The second-order valence-corrected chi connectivity index (χ2v) is 5.75. The lowest BCUT2D eigenvalue weighted by Gasteiger charge is -2.28. The van der Waals surface area contributed by atoms with Gasteiger partial charge in [0.15, 0.2) is 5.69 Å². The fourth-order valence-corrected chi connectivity index (χ4v) is 2.86. The number of hydrogen-bond acceptors (Lipinski definition) is 5. The number of hydrogen-bond donors (Lipinski definition) is 1. The van der Waals surface area contributed by atoms with E-state index < -0.39 is 5.91 Å². The molecule has 0 bridgehead atoms. The number of anilines is 1. The van der Waals surface area contributed by atoms with Crippen LogP contribution in [0.2, 0.25) is 0 Å². The summed E-state index contributed by atoms with van der Waals surface area (Å²) in [5.41, 5.74) is 10.8. The quantitative estimate of drug-likeness (QED) is 0.886. The molecule has 1 amide bonds. The van der Waals surface area contributed by atoms with Gasteiger partial charge in [-0.15, -0.1) is 0 Å². The zero-order valence-electron chi connectivity index (χ0n) is 13.3. The molecule has 1 aliphatic rings. The molecule has 0 saturated carbocycles. The molecule has 1 aliphatic heterocycles. The van der Waals surface area contributed by atoms with E-state index in [1.54, 1.807) is 4.68 Å². The van der Waals surface area contributed by atoms with E-state index in [1.165, 1.54) is 0 Å². The first-order valence-electron chi connectivity index (χ1n) is 7.29. The number of rotatable bonds is 2. The van der Waals surface area contributed by atoms with Crippen molar-refractivity contribution in [1.29, 1.82) is 0 Å². The Morgan fingerprint density at radius 1 is 1.18 bits per heavy atom. The van der Waals surface area contributed by atoms with Gasteiger partial charge < -0.3 is 10.6 Å². The third kappa shape index (κ3) is 2.22. The molecule has 116 valence electrons. The predicted octanol–water partition coefficient (Wildman–Crippen LogP) is 0.797. The molecule has 7 nitrogen and oxygen atoms in total. The lowest BCUT2D eigenvalue weighted by Crippen LogP contribution is -2.33. The zero-order chi connectivity index (χ0) is 16.0. The van der Waals surface area contributed by atoms with Gasteiger partial charge in [0.2, 0.25) is 5.95 Å². The van der Waals surface area contributed by atoms with Gasteiger partial charge in [0.25, 0.3) is 5.91 Å². The summed E-state index contributed by atoms with van der Waals surface area (Å²) in [6, 6.07) is 0. The van der Waals surface area contributed by atoms with E-state index in [0.29, 0.717) is 18.2 Å². The van der Waals surface area contributed by atoms with Gasteiger partial charge in [-0.1, -0.05) is 0 Å². The fraction of sp³-hybridized carbons (Fsp3) is 0.467. The lowest BCUT2D eigenvalue weighted by atomic mass is 10.1. The Balaban J connectivity index is 1.99. The second-order valence-electron chi connectivity index (χ2n) is 5.75. The third-order valence-corrected chi connectivity index (χ3v) is 4.38. The number of fused-ring (bicyclic) bond motifs is 1. The highest BCUT2D eigenvalue weighted by Crippen LogP contribution is 2.25. The summed E-state index contributed by atoms with van der Waals surface area (Å²) in [6.07, 6.45) is 0.793. The number of amides is 1. The van der Waals surface area contributed by atoms with Crippen molar-refractivity contribution in [2.75, 3.05) is 11.4 Å². The van der Waals surface area contributed by atoms with Crippen LogP contribution >= 0.6 is 0 Å². The standard InChI is InChI=1S/C15H20N6O/c1-8-9(2)17-15(18-10(8)3)21-6-5-12-11(7-21)13(14(16)22)19-20(12)4/h5-7H2,1-4H3,(H2,16,22). The maximum atomic E-state index is 11.6. The first-order chi connectivity index (χ1) is 10.4. The van der Waals surface area contributed by atoms with Gasteiger partial charge in [0.05, 0.1) is 6.54 Å². The van der Waals surface area contributed by atoms with E-state index >= 15 is 0 Å². The minimum absolute atomic E-state index is 0.350. The number of aromatic nitrogens is 4. The average molecular weight is 300 g/mol. The molecule has 0 saturated heterocycles. The molecular weight excluding hydrogens is 280 g/mol. The summed E-state index contributed by atoms with van der Waals surface area (Å²) >= 11 is 0. The van der Waals surface area contributed by atoms with Gasteiger partial charge in [-0.05, 0) is 26.3 Å². The van der Waals surface area contributed by atoms with E-state index in [9.17, 15) is 4.79 Å². The average Bonchev–Trinajstić information content (AvgIpc) is 2.81. The van der Waals surface area contributed by atoms with Crippen LogP contribution in [-0.2, 0) is 20.0 Å². The summed E-state index contributed by atoms with van der Waals surface area (Å²) < 4.78 is 1.75. The van der Waals surface area contributed by atoms with Crippen LogP contribution in [0, 0.1) is 20.8 Å². The minimum Gasteiger partial charge on any atom is -0.364 e. The van der Waals surface area contributed by atoms with E-state index in [4.69, 9.17) is 5.73 Å². The molecule has 0 aromatic carbocycles. The van der Waals surface area contributed by atoms with Crippen molar-refractivity contribution in [3.8, 4) is 0 Å².